The van der Waals surface area contributed by atoms with Crippen molar-refractivity contribution in [3.8, 4) is 12.3 Å². The van der Waals surface area contributed by atoms with Gasteiger partial charge in [-0.1, -0.05) is 18.0 Å². The molecule has 0 aromatic carbocycles. The lowest BCUT2D eigenvalue weighted by molar-refractivity contribution is 0.0685. The molecule has 0 bridgehead atoms. The second kappa shape index (κ2) is 5.17. The molecule has 0 aliphatic rings. The maximum atomic E-state index is 10.5. The van der Waals surface area contributed by atoms with Gasteiger partial charge in [0.2, 0.25) is 0 Å². The number of carboxylic acids is 1. The summed E-state index contributed by atoms with van der Waals surface area (Å²) in [6, 6.07) is 1.34. The maximum Gasteiger partial charge on any atom is 0.358 e. The number of hydrogen-bond acceptors (Lipinski definition) is 4. The molecule has 0 saturated carbocycles. The Morgan fingerprint density at radius 2 is 2.60 bits per heavy atom. The Morgan fingerprint density at radius 1 is 1.87 bits per heavy atom. The van der Waals surface area contributed by atoms with E-state index in [1.807, 2.05) is 6.92 Å². The zero-order chi connectivity index (χ0) is 11.3. The van der Waals surface area contributed by atoms with Crippen LogP contribution in [0.4, 0.5) is 0 Å². The van der Waals surface area contributed by atoms with Gasteiger partial charge in [0.05, 0.1) is 12.6 Å². The van der Waals surface area contributed by atoms with E-state index in [-0.39, 0.29) is 11.7 Å². The Balaban J connectivity index is 2.51. The summed E-state index contributed by atoms with van der Waals surface area (Å²) in [5.41, 5.74) is -0.0967. The van der Waals surface area contributed by atoms with Gasteiger partial charge in [-0.3, -0.25) is 5.32 Å². The molecule has 1 rings (SSSR count). The molecule has 1 heterocycles. The maximum absolute atomic E-state index is 10.5. The zero-order valence-corrected chi connectivity index (χ0v) is 8.36. The monoisotopic (exact) mass is 208 g/mol. The highest BCUT2D eigenvalue weighted by molar-refractivity contribution is 5.85. The minimum Gasteiger partial charge on any atom is -0.476 e. The summed E-state index contributed by atoms with van der Waals surface area (Å²) in [7, 11) is 0. The first-order valence-corrected chi connectivity index (χ1v) is 4.55. The fraction of sp³-hybridized carbons (Fsp3) is 0.400. The average molecular weight is 208 g/mol. The number of terminal acetylenes is 1. The van der Waals surface area contributed by atoms with Gasteiger partial charge in [-0.2, -0.15) is 0 Å². The van der Waals surface area contributed by atoms with Crippen LogP contribution in [0.1, 0.15) is 29.6 Å². The second-order valence-electron chi connectivity index (χ2n) is 2.99. The number of nitrogens with one attached hydrogen (secondary N) is 1. The van der Waals surface area contributed by atoms with E-state index in [4.69, 9.17) is 16.1 Å². The van der Waals surface area contributed by atoms with Gasteiger partial charge >= 0.3 is 5.97 Å². The molecular weight excluding hydrogens is 196 g/mol. The second-order valence-corrected chi connectivity index (χ2v) is 2.99. The highest BCUT2D eigenvalue weighted by Gasteiger charge is 2.11. The fourth-order valence-corrected chi connectivity index (χ4v) is 1.04. The van der Waals surface area contributed by atoms with Gasteiger partial charge in [-0.15, -0.1) is 6.42 Å². The van der Waals surface area contributed by atoms with Crippen LogP contribution in [0.15, 0.2) is 10.6 Å². The topological polar surface area (TPSA) is 75.4 Å². The van der Waals surface area contributed by atoms with Crippen LogP contribution in [-0.4, -0.2) is 22.3 Å². The molecule has 0 aliphatic carbocycles. The van der Waals surface area contributed by atoms with Crippen LogP contribution in [0.5, 0.6) is 0 Å². The lowest BCUT2D eigenvalue weighted by Gasteiger charge is -2.07. The third-order valence-corrected chi connectivity index (χ3v) is 1.91. The molecule has 2 N–H and O–H groups in total. The number of carboxylic acid groups (broad SMARTS) is 1. The molecule has 5 nitrogen and oxygen atoms in total. The molecule has 1 aromatic rings. The highest BCUT2D eigenvalue weighted by Crippen LogP contribution is 2.03. The summed E-state index contributed by atoms with van der Waals surface area (Å²) in [4.78, 5) is 10.5. The molecule has 1 atom stereocenters. The third kappa shape index (κ3) is 3.11. The van der Waals surface area contributed by atoms with Crippen molar-refractivity contribution >= 4 is 5.97 Å². The number of nitrogens with zero attached hydrogens (tertiary/aromatic N) is 1. The van der Waals surface area contributed by atoms with Crippen molar-refractivity contribution < 1.29 is 14.4 Å². The van der Waals surface area contributed by atoms with Crippen molar-refractivity contribution in [2.75, 3.05) is 0 Å². The van der Waals surface area contributed by atoms with Gasteiger partial charge in [-0.05, 0) is 6.42 Å². The first-order chi connectivity index (χ1) is 7.17. The zero-order valence-electron chi connectivity index (χ0n) is 8.36. The van der Waals surface area contributed by atoms with Gasteiger partial charge in [0.15, 0.2) is 11.5 Å². The van der Waals surface area contributed by atoms with Crippen LogP contribution in [-0.2, 0) is 6.54 Å². The molecule has 1 unspecified atom stereocenters. The van der Waals surface area contributed by atoms with Gasteiger partial charge in [0.25, 0.3) is 0 Å². The predicted octanol–water partition coefficient (Wildman–Crippen LogP) is 0.874. The predicted molar refractivity (Wildman–Crippen MR) is 53.2 cm³/mol. The summed E-state index contributed by atoms with van der Waals surface area (Å²) in [5, 5.41) is 15.0. The molecule has 5 heteroatoms. The van der Waals surface area contributed by atoms with Crippen molar-refractivity contribution in [3.05, 3.63) is 17.5 Å². The molecule has 0 amide bonds. The van der Waals surface area contributed by atoms with E-state index in [1.165, 1.54) is 6.07 Å². The molecule has 1 aromatic heterocycles. The van der Waals surface area contributed by atoms with Crippen LogP contribution >= 0.6 is 0 Å². The number of rotatable bonds is 5. The first kappa shape index (κ1) is 11.3. The van der Waals surface area contributed by atoms with Gasteiger partial charge in [0, 0.05) is 6.07 Å². The summed E-state index contributed by atoms with van der Waals surface area (Å²) in [6.07, 6.45) is 6.05. The summed E-state index contributed by atoms with van der Waals surface area (Å²) >= 11 is 0. The van der Waals surface area contributed by atoms with E-state index in [1.54, 1.807) is 0 Å². The van der Waals surface area contributed by atoms with Crippen molar-refractivity contribution in [1.29, 1.82) is 0 Å². The first-order valence-electron chi connectivity index (χ1n) is 4.55. The Bertz CT molecular complexity index is 378. The van der Waals surface area contributed by atoms with Crippen molar-refractivity contribution in [1.82, 2.24) is 10.5 Å². The van der Waals surface area contributed by atoms with Crippen molar-refractivity contribution in [2.24, 2.45) is 0 Å². The number of aromatic carboxylic acids is 1. The van der Waals surface area contributed by atoms with Crippen molar-refractivity contribution in [2.45, 2.75) is 25.9 Å². The standard InChI is InChI=1S/C10H12N2O3/c1-3-7(4-2)11-6-8-5-9(10(13)14)12-15-8/h1,5,7,11H,4,6H2,2H3,(H,13,14). The summed E-state index contributed by atoms with van der Waals surface area (Å²) in [6.45, 7) is 2.34. The largest absolute Gasteiger partial charge is 0.476 e. The van der Waals surface area contributed by atoms with Crippen LogP contribution in [0.2, 0.25) is 0 Å². The lowest BCUT2D eigenvalue weighted by Crippen LogP contribution is -2.25. The normalized spacial score (nSPS) is 12.0. The van der Waals surface area contributed by atoms with Gasteiger partial charge in [-0.25, -0.2) is 4.79 Å². The van der Waals surface area contributed by atoms with Gasteiger partial charge < -0.3 is 9.63 Å². The molecule has 0 fully saturated rings. The average Bonchev–Trinajstić information content (AvgIpc) is 2.68. The number of hydrogen-bond donors (Lipinski definition) is 2. The molecule has 0 saturated heterocycles. The molecule has 0 aliphatic heterocycles. The van der Waals surface area contributed by atoms with Crippen LogP contribution in [0, 0.1) is 12.3 Å². The van der Waals surface area contributed by atoms with E-state index in [0.29, 0.717) is 12.3 Å². The molecule has 80 valence electrons. The van der Waals surface area contributed by atoms with E-state index in [0.717, 1.165) is 6.42 Å². The van der Waals surface area contributed by atoms with Gasteiger partial charge in [0.1, 0.15) is 0 Å². The van der Waals surface area contributed by atoms with Crippen molar-refractivity contribution in [3.63, 3.8) is 0 Å². The quantitative estimate of drug-likeness (QED) is 0.702. The Kier molecular flexibility index (Phi) is 3.89. The van der Waals surface area contributed by atoms with E-state index in [9.17, 15) is 4.79 Å². The van der Waals surface area contributed by atoms with E-state index < -0.39 is 5.97 Å². The number of aromatic nitrogens is 1. The summed E-state index contributed by atoms with van der Waals surface area (Å²) in [5.74, 6) is 1.92. The molecule has 0 radical (unpaired) electrons. The van der Waals surface area contributed by atoms with E-state index in [2.05, 4.69) is 16.4 Å². The highest BCUT2D eigenvalue weighted by atomic mass is 16.5. The Labute approximate surface area is 87.5 Å². The number of carbonyl (C=O) groups is 1. The van der Waals surface area contributed by atoms with Crippen LogP contribution in [0.25, 0.3) is 0 Å². The third-order valence-electron chi connectivity index (χ3n) is 1.91. The molecular formula is C10H12N2O3. The van der Waals surface area contributed by atoms with Crippen LogP contribution in [0.3, 0.4) is 0 Å². The minimum atomic E-state index is -1.10. The SMILES string of the molecule is C#CC(CC)NCc1cc(C(=O)O)no1. The fourth-order valence-electron chi connectivity index (χ4n) is 1.04. The minimum absolute atomic E-state index is 0.0385. The smallest absolute Gasteiger partial charge is 0.358 e. The van der Waals surface area contributed by atoms with Crippen LogP contribution < -0.4 is 5.32 Å². The molecule has 15 heavy (non-hydrogen) atoms. The lowest BCUT2D eigenvalue weighted by atomic mass is 10.2. The van der Waals surface area contributed by atoms with E-state index >= 15 is 0 Å². The Hall–Kier alpha value is -1.80. The molecule has 0 spiro atoms. The Morgan fingerprint density at radius 3 is 3.07 bits per heavy atom. The summed E-state index contributed by atoms with van der Waals surface area (Å²) < 4.78 is 4.80.